The maximum atomic E-state index is 14.1. The zero-order valence-corrected chi connectivity index (χ0v) is 16.5. The molecule has 0 unspecified atom stereocenters. The lowest BCUT2D eigenvalue weighted by Gasteiger charge is -2.20. The predicted octanol–water partition coefficient (Wildman–Crippen LogP) is 3.33. The van der Waals surface area contributed by atoms with Crippen molar-refractivity contribution in [1.82, 2.24) is 10.0 Å². The molecule has 0 bridgehead atoms. The van der Waals surface area contributed by atoms with Crippen molar-refractivity contribution in [1.29, 1.82) is 0 Å². The number of rotatable bonds is 4. The molecule has 2 rings (SSSR count). The first-order valence-electron chi connectivity index (χ1n) is 7.49. The molecule has 6 nitrogen and oxygen atoms in total. The number of hydrogen-bond donors (Lipinski definition) is 2. The fourth-order valence-electron chi connectivity index (χ4n) is 1.94. The second kappa shape index (κ2) is 7.52. The van der Waals surface area contributed by atoms with E-state index in [0.717, 1.165) is 3.57 Å². The third-order valence-corrected chi connectivity index (χ3v) is 3.86. The number of aromatic nitrogens is 1. The summed E-state index contributed by atoms with van der Waals surface area (Å²) in [6.07, 6.45) is 0. The average molecular weight is 459 g/mol. The van der Waals surface area contributed by atoms with Crippen molar-refractivity contribution in [3.8, 4) is 0 Å². The topological polar surface area (TPSA) is 72.4 Å². The summed E-state index contributed by atoms with van der Waals surface area (Å²) >= 11 is 2.00. The third-order valence-electron chi connectivity index (χ3n) is 3.19. The molecule has 25 heavy (non-hydrogen) atoms. The van der Waals surface area contributed by atoms with E-state index in [4.69, 9.17) is 4.84 Å². The molecule has 134 valence electrons. The van der Waals surface area contributed by atoms with Crippen LogP contribution in [0.15, 0.2) is 35.1 Å². The van der Waals surface area contributed by atoms with Crippen molar-refractivity contribution in [2.45, 2.75) is 26.4 Å². The summed E-state index contributed by atoms with van der Waals surface area (Å²) in [5.41, 5.74) is 1.75. The Kier molecular flexibility index (Phi) is 5.83. The predicted molar refractivity (Wildman–Crippen MR) is 102 cm³/mol. The monoisotopic (exact) mass is 459 g/mol. The van der Waals surface area contributed by atoms with Crippen molar-refractivity contribution >= 4 is 40.0 Å². The lowest BCUT2D eigenvalue weighted by atomic mass is 10.2. The Hall–Kier alpha value is -1.94. The van der Waals surface area contributed by atoms with Crippen LogP contribution in [-0.4, -0.2) is 16.1 Å². The molecular weight excluding hydrogens is 440 g/mol. The first-order valence-corrected chi connectivity index (χ1v) is 8.57. The molecule has 0 aliphatic heterocycles. The van der Waals surface area contributed by atoms with Crippen LogP contribution in [0.4, 0.5) is 15.9 Å². The lowest BCUT2D eigenvalue weighted by molar-refractivity contribution is -0.0589. The Morgan fingerprint density at radius 2 is 1.92 bits per heavy atom. The quantitative estimate of drug-likeness (QED) is 0.544. The number of amides is 1. The SMILES string of the molecule is Cn1c(Nc2ccc(I)cc2F)c(C(=O)NOC(C)(C)C)ccc1=O. The number of benzene rings is 1. The van der Waals surface area contributed by atoms with Gasteiger partial charge >= 0.3 is 0 Å². The van der Waals surface area contributed by atoms with E-state index in [1.807, 2.05) is 22.6 Å². The molecule has 8 heteroatoms. The van der Waals surface area contributed by atoms with Crippen LogP contribution in [0.25, 0.3) is 0 Å². The molecule has 2 aromatic rings. The molecule has 0 radical (unpaired) electrons. The van der Waals surface area contributed by atoms with Gasteiger partial charge in [0, 0.05) is 16.7 Å². The van der Waals surface area contributed by atoms with E-state index < -0.39 is 17.3 Å². The summed E-state index contributed by atoms with van der Waals surface area (Å²) in [6.45, 7) is 5.36. The highest BCUT2D eigenvalue weighted by Gasteiger charge is 2.19. The van der Waals surface area contributed by atoms with E-state index in [1.165, 1.54) is 29.8 Å². The number of nitrogens with zero attached hydrogens (tertiary/aromatic N) is 1. The Balaban J connectivity index is 2.40. The van der Waals surface area contributed by atoms with Gasteiger partial charge in [-0.1, -0.05) is 0 Å². The van der Waals surface area contributed by atoms with E-state index >= 15 is 0 Å². The van der Waals surface area contributed by atoms with E-state index in [1.54, 1.807) is 32.9 Å². The number of carbonyl (C=O) groups is 1. The van der Waals surface area contributed by atoms with Gasteiger partial charge in [0.05, 0.1) is 16.9 Å². The van der Waals surface area contributed by atoms with Crippen molar-refractivity contribution < 1.29 is 14.0 Å². The molecule has 1 heterocycles. The van der Waals surface area contributed by atoms with Crippen LogP contribution in [0.2, 0.25) is 0 Å². The molecule has 2 N–H and O–H groups in total. The van der Waals surface area contributed by atoms with E-state index in [0.29, 0.717) is 0 Å². The molecule has 1 aromatic carbocycles. The minimum atomic E-state index is -0.577. The molecule has 0 aliphatic rings. The fraction of sp³-hybridized carbons (Fsp3) is 0.294. The molecular formula is C17H19FIN3O3. The molecule has 1 aromatic heterocycles. The summed E-state index contributed by atoms with van der Waals surface area (Å²) in [5.74, 6) is -0.859. The van der Waals surface area contributed by atoms with Gasteiger partial charge in [-0.15, -0.1) is 0 Å². The zero-order chi connectivity index (χ0) is 18.8. The molecule has 0 fully saturated rings. The van der Waals surface area contributed by atoms with Gasteiger partial charge in [0.1, 0.15) is 11.6 Å². The second-order valence-corrected chi connectivity index (χ2v) is 7.63. The highest BCUT2D eigenvalue weighted by Crippen LogP contribution is 2.23. The number of pyridine rings is 1. The average Bonchev–Trinajstić information content (AvgIpc) is 2.51. The molecule has 0 saturated carbocycles. The van der Waals surface area contributed by atoms with Crippen LogP contribution in [0.3, 0.4) is 0 Å². The van der Waals surface area contributed by atoms with Crippen molar-refractivity contribution in [2.24, 2.45) is 7.05 Å². The highest BCUT2D eigenvalue weighted by molar-refractivity contribution is 14.1. The number of anilines is 2. The van der Waals surface area contributed by atoms with Gasteiger partial charge in [-0.2, -0.15) is 0 Å². The maximum Gasteiger partial charge on any atom is 0.278 e. The van der Waals surface area contributed by atoms with Gasteiger partial charge in [-0.05, 0) is 67.6 Å². The summed E-state index contributed by atoms with van der Waals surface area (Å²) in [4.78, 5) is 29.6. The number of halogens is 2. The van der Waals surface area contributed by atoms with E-state index in [-0.39, 0.29) is 22.6 Å². The summed E-state index contributed by atoms with van der Waals surface area (Å²) in [6, 6.07) is 7.25. The van der Waals surface area contributed by atoms with Crippen LogP contribution in [0.5, 0.6) is 0 Å². The standard InChI is InChI=1S/C17H19FIN3O3/c1-17(2,3)25-21-16(24)11-6-8-14(23)22(4)15(11)20-13-7-5-10(19)9-12(13)18/h5-9,20H,1-4H3,(H,21,24). The van der Waals surface area contributed by atoms with Crippen molar-refractivity contribution in [3.63, 3.8) is 0 Å². The van der Waals surface area contributed by atoms with Crippen molar-refractivity contribution in [2.75, 3.05) is 5.32 Å². The maximum absolute atomic E-state index is 14.1. The smallest absolute Gasteiger partial charge is 0.278 e. The summed E-state index contributed by atoms with van der Waals surface area (Å²) in [5, 5.41) is 2.82. The van der Waals surface area contributed by atoms with Gasteiger partial charge in [0.2, 0.25) is 0 Å². The van der Waals surface area contributed by atoms with Crippen LogP contribution < -0.4 is 16.4 Å². The third kappa shape index (κ3) is 5.02. The molecule has 0 aliphatic carbocycles. The van der Waals surface area contributed by atoms with Gasteiger partial charge < -0.3 is 5.32 Å². The van der Waals surface area contributed by atoms with Crippen LogP contribution >= 0.6 is 22.6 Å². The number of hydrogen-bond acceptors (Lipinski definition) is 4. The van der Waals surface area contributed by atoms with Crippen molar-refractivity contribution in [3.05, 3.63) is 55.6 Å². The van der Waals surface area contributed by atoms with Crippen LogP contribution in [-0.2, 0) is 11.9 Å². The lowest BCUT2D eigenvalue weighted by Crippen LogP contribution is -2.35. The molecule has 1 amide bonds. The Labute approximate surface area is 158 Å². The van der Waals surface area contributed by atoms with Gasteiger partial charge in [-0.25, -0.2) is 9.87 Å². The van der Waals surface area contributed by atoms with Gasteiger partial charge in [0.25, 0.3) is 11.5 Å². The summed E-state index contributed by atoms with van der Waals surface area (Å²) < 4.78 is 16.1. The molecule has 0 saturated heterocycles. The molecule has 0 spiro atoms. The second-order valence-electron chi connectivity index (χ2n) is 6.39. The first-order chi connectivity index (χ1) is 11.6. The normalized spacial score (nSPS) is 11.3. The summed E-state index contributed by atoms with van der Waals surface area (Å²) in [7, 11) is 1.50. The van der Waals surface area contributed by atoms with E-state index in [9.17, 15) is 14.0 Å². The van der Waals surface area contributed by atoms with Crippen LogP contribution in [0.1, 0.15) is 31.1 Å². The Morgan fingerprint density at radius 3 is 2.52 bits per heavy atom. The number of hydroxylamine groups is 1. The zero-order valence-electron chi connectivity index (χ0n) is 14.3. The Morgan fingerprint density at radius 1 is 1.24 bits per heavy atom. The minimum absolute atomic E-state index is 0.157. The molecule has 0 atom stereocenters. The van der Waals surface area contributed by atoms with E-state index in [2.05, 4.69) is 10.8 Å². The fourth-order valence-corrected chi connectivity index (χ4v) is 2.40. The highest BCUT2D eigenvalue weighted by atomic mass is 127. The first kappa shape index (κ1) is 19.4. The minimum Gasteiger partial charge on any atom is -0.339 e. The Bertz CT molecular complexity index is 859. The van der Waals surface area contributed by atoms with Gasteiger partial charge in [-0.3, -0.25) is 19.0 Å². The largest absolute Gasteiger partial charge is 0.339 e. The number of carbonyl (C=O) groups excluding carboxylic acids is 1. The van der Waals surface area contributed by atoms with Gasteiger partial charge in [0.15, 0.2) is 0 Å². The van der Waals surface area contributed by atoms with Crippen LogP contribution in [0, 0.1) is 9.39 Å². The number of nitrogens with one attached hydrogen (secondary N) is 2.